The van der Waals surface area contributed by atoms with Crippen LogP contribution in [0.1, 0.15) is 17.5 Å². The van der Waals surface area contributed by atoms with Gasteiger partial charge in [-0.2, -0.15) is 0 Å². The summed E-state index contributed by atoms with van der Waals surface area (Å²) in [7, 11) is 0. The lowest BCUT2D eigenvalue weighted by molar-refractivity contribution is -0.147. The first-order valence-corrected chi connectivity index (χ1v) is 9.78. The van der Waals surface area contributed by atoms with E-state index in [-0.39, 0.29) is 18.6 Å². The zero-order chi connectivity index (χ0) is 23.7. The van der Waals surface area contributed by atoms with E-state index in [1.807, 2.05) is 0 Å². The number of carboxylic acid groups (broad SMARTS) is 2. The Labute approximate surface area is 184 Å². The van der Waals surface area contributed by atoms with Crippen LogP contribution in [0.2, 0.25) is 0 Å². The van der Waals surface area contributed by atoms with Crippen molar-refractivity contribution in [3.8, 4) is 5.75 Å². The Morgan fingerprint density at radius 1 is 0.781 bits per heavy atom. The van der Waals surface area contributed by atoms with Gasteiger partial charge in [-0.05, 0) is 29.7 Å². The molecule has 170 valence electrons. The first-order valence-electron chi connectivity index (χ1n) is 9.78. The third-order valence-electron chi connectivity index (χ3n) is 4.64. The summed E-state index contributed by atoms with van der Waals surface area (Å²) in [6.07, 6.45) is -0.625. The average molecular weight is 443 g/mol. The lowest BCUT2D eigenvalue weighted by atomic mass is 10.0. The molecule has 0 aromatic heterocycles. The second-order valence-electron chi connectivity index (χ2n) is 7.23. The zero-order valence-corrected chi connectivity index (χ0v) is 17.1. The lowest BCUT2D eigenvalue weighted by Crippen LogP contribution is -2.55. The number of phenolic OH excluding ortho intramolecular Hbond substituents is 1. The minimum atomic E-state index is -1.65. The molecular weight excluding hydrogens is 418 g/mol. The molecule has 2 aromatic carbocycles. The van der Waals surface area contributed by atoms with Crippen LogP contribution in [0.5, 0.6) is 5.75 Å². The summed E-state index contributed by atoms with van der Waals surface area (Å²) >= 11 is 0. The highest BCUT2D eigenvalue weighted by Crippen LogP contribution is 2.11. The normalized spacial score (nSPS) is 13.4. The number of rotatable bonds is 11. The van der Waals surface area contributed by atoms with Gasteiger partial charge in [0.15, 0.2) is 0 Å². The highest BCUT2D eigenvalue weighted by atomic mass is 16.4. The summed E-state index contributed by atoms with van der Waals surface area (Å²) in [5.41, 5.74) is 7.36. The van der Waals surface area contributed by atoms with E-state index in [1.54, 1.807) is 42.5 Å². The van der Waals surface area contributed by atoms with Crippen LogP contribution in [0.15, 0.2) is 54.6 Å². The van der Waals surface area contributed by atoms with Crippen molar-refractivity contribution in [2.75, 3.05) is 0 Å². The van der Waals surface area contributed by atoms with Crippen LogP contribution in [0.4, 0.5) is 0 Å². The molecule has 0 unspecified atom stereocenters. The molecule has 0 saturated heterocycles. The van der Waals surface area contributed by atoms with Crippen molar-refractivity contribution in [2.24, 2.45) is 5.73 Å². The van der Waals surface area contributed by atoms with Crippen LogP contribution < -0.4 is 16.4 Å². The highest BCUT2D eigenvalue weighted by Gasteiger charge is 2.29. The van der Waals surface area contributed by atoms with Gasteiger partial charge in [0.1, 0.15) is 17.8 Å². The van der Waals surface area contributed by atoms with Gasteiger partial charge in [0.25, 0.3) is 0 Å². The van der Waals surface area contributed by atoms with E-state index in [4.69, 9.17) is 10.8 Å². The second kappa shape index (κ2) is 11.5. The van der Waals surface area contributed by atoms with Crippen molar-refractivity contribution < 1.29 is 34.5 Å². The standard InChI is InChI=1S/C22H25N3O7/c23-16(10-14-6-8-15(26)9-7-14)20(29)24-17(11-13-4-2-1-3-5-13)21(30)25-18(22(31)32)12-19(27)28/h1-9,16-18,26H,10-12,23H2,(H,24,29)(H,25,30)(H,27,28)(H,31,32)/t16-,17-,18-/m0/s1. The molecule has 0 bridgehead atoms. The van der Waals surface area contributed by atoms with E-state index in [2.05, 4.69) is 10.6 Å². The number of aliphatic carboxylic acids is 2. The number of nitrogens with one attached hydrogen (secondary N) is 2. The van der Waals surface area contributed by atoms with Crippen LogP contribution >= 0.6 is 0 Å². The quantitative estimate of drug-likeness (QED) is 0.281. The number of nitrogens with two attached hydrogens (primary N) is 1. The Hall–Kier alpha value is -3.92. The van der Waals surface area contributed by atoms with Crippen LogP contribution in [0, 0.1) is 0 Å². The Bertz CT molecular complexity index is 948. The number of phenols is 1. The molecule has 0 spiro atoms. The summed E-state index contributed by atoms with van der Waals surface area (Å²) in [5.74, 6) is -4.31. The minimum absolute atomic E-state index is 0.0454. The number of carbonyl (C=O) groups is 4. The van der Waals surface area contributed by atoms with E-state index in [9.17, 15) is 29.4 Å². The smallest absolute Gasteiger partial charge is 0.326 e. The topological polar surface area (TPSA) is 179 Å². The van der Waals surface area contributed by atoms with Crippen LogP contribution in [-0.4, -0.2) is 57.2 Å². The summed E-state index contributed by atoms with van der Waals surface area (Å²) < 4.78 is 0. The first kappa shape index (κ1) is 24.4. The van der Waals surface area contributed by atoms with Crippen LogP contribution in [0.25, 0.3) is 0 Å². The number of amides is 2. The van der Waals surface area contributed by atoms with Gasteiger partial charge >= 0.3 is 11.9 Å². The summed E-state index contributed by atoms with van der Waals surface area (Å²) in [6, 6.07) is 11.0. The molecule has 2 aromatic rings. The van der Waals surface area contributed by atoms with Crippen molar-refractivity contribution in [3.05, 3.63) is 65.7 Å². The first-order chi connectivity index (χ1) is 15.2. The maximum absolute atomic E-state index is 12.7. The molecule has 0 heterocycles. The van der Waals surface area contributed by atoms with Crippen molar-refractivity contribution in [2.45, 2.75) is 37.4 Å². The van der Waals surface area contributed by atoms with E-state index in [0.717, 1.165) is 0 Å². The molecule has 2 amide bonds. The lowest BCUT2D eigenvalue weighted by Gasteiger charge is -2.22. The number of benzene rings is 2. The van der Waals surface area contributed by atoms with Gasteiger partial charge in [-0.25, -0.2) is 4.79 Å². The second-order valence-corrected chi connectivity index (χ2v) is 7.23. The number of hydrogen-bond donors (Lipinski definition) is 6. The molecule has 0 aliphatic heterocycles. The molecule has 10 nitrogen and oxygen atoms in total. The monoisotopic (exact) mass is 443 g/mol. The fraction of sp³-hybridized carbons (Fsp3) is 0.273. The molecule has 0 fully saturated rings. The third-order valence-corrected chi connectivity index (χ3v) is 4.64. The highest BCUT2D eigenvalue weighted by molar-refractivity contribution is 5.93. The van der Waals surface area contributed by atoms with Gasteiger partial charge in [0.2, 0.25) is 11.8 Å². The Morgan fingerprint density at radius 2 is 1.34 bits per heavy atom. The minimum Gasteiger partial charge on any atom is -0.508 e. The molecular formula is C22H25N3O7. The molecule has 0 saturated carbocycles. The predicted molar refractivity (Wildman–Crippen MR) is 114 cm³/mol. The van der Waals surface area contributed by atoms with Gasteiger partial charge in [-0.1, -0.05) is 42.5 Å². The molecule has 10 heteroatoms. The molecule has 7 N–H and O–H groups in total. The molecule has 0 aliphatic rings. The van der Waals surface area contributed by atoms with E-state index in [0.29, 0.717) is 11.1 Å². The molecule has 3 atom stereocenters. The van der Waals surface area contributed by atoms with Gasteiger partial charge in [0.05, 0.1) is 12.5 Å². The van der Waals surface area contributed by atoms with E-state index in [1.165, 1.54) is 12.1 Å². The van der Waals surface area contributed by atoms with Crippen LogP contribution in [-0.2, 0) is 32.0 Å². The maximum atomic E-state index is 12.7. The average Bonchev–Trinajstić information content (AvgIpc) is 2.74. The van der Waals surface area contributed by atoms with Crippen molar-refractivity contribution in [1.82, 2.24) is 10.6 Å². The zero-order valence-electron chi connectivity index (χ0n) is 17.1. The molecule has 0 radical (unpaired) electrons. The van der Waals surface area contributed by atoms with E-state index < -0.39 is 48.3 Å². The number of carbonyl (C=O) groups excluding carboxylic acids is 2. The summed E-state index contributed by atoms with van der Waals surface area (Å²) in [5, 5.41) is 32.1. The number of hydrogen-bond acceptors (Lipinski definition) is 6. The summed E-state index contributed by atoms with van der Waals surface area (Å²) in [4.78, 5) is 47.6. The fourth-order valence-corrected chi connectivity index (χ4v) is 2.96. The van der Waals surface area contributed by atoms with Crippen molar-refractivity contribution in [3.63, 3.8) is 0 Å². The Morgan fingerprint density at radius 3 is 1.91 bits per heavy atom. The van der Waals surface area contributed by atoms with Gasteiger partial charge in [0, 0.05) is 6.42 Å². The van der Waals surface area contributed by atoms with Gasteiger partial charge in [-0.3, -0.25) is 14.4 Å². The Kier molecular flexibility index (Phi) is 8.72. The largest absolute Gasteiger partial charge is 0.508 e. The predicted octanol–water partition coefficient (Wildman–Crippen LogP) is 0.0336. The van der Waals surface area contributed by atoms with Gasteiger partial charge in [-0.15, -0.1) is 0 Å². The Balaban J connectivity index is 2.13. The van der Waals surface area contributed by atoms with Crippen LogP contribution in [0.3, 0.4) is 0 Å². The van der Waals surface area contributed by atoms with E-state index >= 15 is 0 Å². The molecule has 0 aliphatic carbocycles. The molecule has 2 rings (SSSR count). The number of carboxylic acids is 2. The maximum Gasteiger partial charge on any atom is 0.326 e. The SMILES string of the molecule is N[C@@H](Cc1ccc(O)cc1)C(=O)N[C@@H](Cc1ccccc1)C(=O)N[C@@H](CC(=O)O)C(=O)O. The third kappa shape index (κ3) is 7.73. The van der Waals surface area contributed by atoms with Crippen molar-refractivity contribution in [1.29, 1.82) is 0 Å². The number of aromatic hydroxyl groups is 1. The fourth-order valence-electron chi connectivity index (χ4n) is 2.96. The summed E-state index contributed by atoms with van der Waals surface area (Å²) in [6.45, 7) is 0. The molecule has 32 heavy (non-hydrogen) atoms. The van der Waals surface area contributed by atoms with Gasteiger partial charge < -0.3 is 31.7 Å². The van der Waals surface area contributed by atoms with Crippen molar-refractivity contribution >= 4 is 23.8 Å².